The first-order valence-electron chi connectivity index (χ1n) is 7.85. The lowest BCUT2D eigenvalue weighted by atomic mass is 9.70. The standard InChI is InChI=1S/C15H18BrNO/c1-18-12-4-6-15(7-5-12)9-10-2-3-11(16)8-13(10)14(15)17/h2-3,8,12,17H,4-7,9H2,1H3/t12-,15-/i1D3. The molecule has 2 aliphatic rings. The van der Waals surface area contributed by atoms with Gasteiger partial charge in [0.2, 0.25) is 0 Å². The van der Waals surface area contributed by atoms with Crippen molar-refractivity contribution >= 4 is 21.6 Å². The lowest BCUT2D eigenvalue weighted by Crippen LogP contribution is -2.35. The molecule has 1 aromatic rings. The number of ether oxygens (including phenoxy) is 1. The third-order valence-electron chi connectivity index (χ3n) is 4.46. The number of nitrogens with one attached hydrogen (secondary N) is 1. The first-order valence-corrected chi connectivity index (χ1v) is 7.14. The quantitative estimate of drug-likeness (QED) is 0.837. The molecular formula is C15H18BrNO. The average Bonchev–Trinajstić information content (AvgIpc) is 2.65. The van der Waals surface area contributed by atoms with Crippen LogP contribution in [0.4, 0.5) is 0 Å². The van der Waals surface area contributed by atoms with E-state index in [1.807, 2.05) is 12.1 Å². The Hall–Kier alpha value is -0.670. The maximum absolute atomic E-state index is 8.54. The highest BCUT2D eigenvalue weighted by Crippen LogP contribution is 2.47. The molecule has 0 bridgehead atoms. The van der Waals surface area contributed by atoms with Crippen LogP contribution in [0.3, 0.4) is 0 Å². The van der Waals surface area contributed by atoms with E-state index in [0.717, 1.165) is 42.1 Å². The van der Waals surface area contributed by atoms with E-state index in [2.05, 4.69) is 22.0 Å². The second-order valence-corrected chi connectivity index (χ2v) is 6.37. The van der Waals surface area contributed by atoms with Gasteiger partial charge in [-0.1, -0.05) is 22.0 Å². The Balaban J connectivity index is 1.74. The maximum Gasteiger partial charge on any atom is 0.0572 e. The zero-order valence-electron chi connectivity index (χ0n) is 13.1. The van der Waals surface area contributed by atoms with E-state index >= 15 is 0 Å². The van der Waals surface area contributed by atoms with Crippen molar-refractivity contribution in [1.82, 2.24) is 0 Å². The summed E-state index contributed by atoms with van der Waals surface area (Å²) in [5.74, 6) is 0. The van der Waals surface area contributed by atoms with Gasteiger partial charge in [-0.25, -0.2) is 0 Å². The van der Waals surface area contributed by atoms with Crippen molar-refractivity contribution in [3.05, 3.63) is 33.8 Å². The molecule has 2 aliphatic carbocycles. The lowest BCUT2D eigenvalue weighted by Gasteiger charge is -2.36. The number of benzene rings is 1. The van der Waals surface area contributed by atoms with Crippen molar-refractivity contribution in [1.29, 1.82) is 5.41 Å². The predicted octanol–water partition coefficient (Wildman–Crippen LogP) is 3.95. The van der Waals surface area contributed by atoms with E-state index in [4.69, 9.17) is 14.3 Å². The molecule has 1 fully saturated rings. The smallest absolute Gasteiger partial charge is 0.0572 e. The zero-order chi connectivity index (χ0) is 15.3. The summed E-state index contributed by atoms with van der Waals surface area (Å²) in [4.78, 5) is 0. The minimum atomic E-state index is -2.31. The van der Waals surface area contributed by atoms with E-state index in [1.54, 1.807) is 0 Å². The minimum Gasteiger partial charge on any atom is -0.381 e. The topological polar surface area (TPSA) is 33.1 Å². The van der Waals surface area contributed by atoms with Crippen LogP contribution in [-0.2, 0) is 11.2 Å². The fraction of sp³-hybridized carbons (Fsp3) is 0.533. The normalized spacial score (nSPS) is 33.9. The molecule has 1 aromatic carbocycles. The van der Waals surface area contributed by atoms with E-state index in [-0.39, 0.29) is 11.5 Å². The van der Waals surface area contributed by atoms with Crippen LogP contribution in [0.5, 0.6) is 0 Å². The number of hydrogen-bond donors (Lipinski definition) is 1. The van der Waals surface area contributed by atoms with E-state index in [0.29, 0.717) is 5.71 Å². The molecule has 96 valence electrons. The highest BCUT2D eigenvalue weighted by molar-refractivity contribution is 9.10. The molecule has 1 spiro atoms. The monoisotopic (exact) mass is 310 g/mol. The van der Waals surface area contributed by atoms with Crippen LogP contribution in [0.2, 0.25) is 0 Å². The molecule has 3 rings (SSSR count). The van der Waals surface area contributed by atoms with Gasteiger partial charge in [-0.05, 0) is 49.8 Å². The number of fused-ring (bicyclic) bond motifs is 1. The third-order valence-corrected chi connectivity index (χ3v) is 4.95. The Morgan fingerprint density at radius 1 is 1.44 bits per heavy atom. The van der Waals surface area contributed by atoms with E-state index in [9.17, 15) is 0 Å². The van der Waals surface area contributed by atoms with Crippen LogP contribution >= 0.6 is 15.9 Å². The summed E-state index contributed by atoms with van der Waals surface area (Å²) in [5, 5.41) is 8.54. The van der Waals surface area contributed by atoms with Crippen LogP contribution in [-0.4, -0.2) is 18.9 Å². The molecule has 0 heterocycles. The fourth-order valence-electron chi connectivity index (χ4n) is 3.36. The molecule has 1 N–H and O–H groups in total. The summed E-state index contributed by atoms with van der Waals surface area (Å²) < 4.78 is 27.7. The van der Waals surface area contributed by atoms with Crippen molar-refractivity contribution < 1.29 is 8.85 Å². The van der Waals surface area contributed by atoms with Gasteiger partial charge in [0.25, 0.3) is 0 Å². The summed E-state index contributed by atoms with van der Waals surface area (Å²) in [5.41, 5.74) is 2.88. The van der Waals surface area contributed by atoms with Crippen LogP contribution < -0.4 is 0 Å². The highest BCUT2D eigenvalue weighted by atomic mass is 79.9. The van der Waals surface area contributed by atoms with Gasteiger partial charge in [0.15, 0.2) is 0 Å². The van der Waals surface area contributed by atoms with Crippen molar-refractivity contribution in [3.8, 4) is 0 Å². The second kappa shape index (κ2) is 4.46. The van der Waals surface area contributed by atoms with Crippen molar-refractivity contribution in [2.75, 3.05) is 7.04 Å². The molecule has 1 saturated carbocycles. The van der Waals surface area contributed by atoms with E-state index in [1.165, 1.54) is 5.56 Å². The Bertz CT molecular complexity index is 577. The first-order chi connectivity index (χ1) is 9.79. The molecule has 0 atom stereocenters. The van der Waals surface area contributed by atoms with Crippen molar-refractivity contribution in [3.63, 3.8) is 0 Å². The molecule has 2 nitrogen and oxygen atoms in total. The van der Waals surface area contributed by atoms with Crippen LogP contribution in [0.25, 0.3) is 0 Å². The zero-order valence-corrected chi connectivity index (χ0v) is 11.7. The number of methoxy groups -OCH3 is 1. The van der Waals surface area contributed by atoms with Gasteiger partial charge in [-0.2, -0.15) is 0 Å². The summed E-state index contributed by atoms with van der Waals surface area (Å²) >= 11 is 3.47. The van der Waals surface area contributed by atoms with Gasteiger partial charge in [-0.3, -0.25) is 0 Å². The molecule has 0 aliphatic heterocycles. The number of hydrogen-bond acceptors (Lipinski definition) is 2. The Labute approximate surface area is 121 Å². The molecule has 18 heavy (non-hydrogen) atoms. The third kappa shape index (κ3) is 1.84. The summed E-state index contributed by atoms with van der Waals surface area (Å²) in [6, 6.07) is 6.14. The largest absolute Gasteiger partial charge is 0.381 e. The highest BCUT2D eigenvalue weighted by Gasteiger charge is 2.44. The molecule has 0 unspecified atom stereocenters. The van der Waals surface area contributed by atoms with Crippen LogP contribution in [0.1, 0.15) is 40.9 Å². The average molecular weight is 311 g/mol. The van der Waals surface area contributed by atoms with Crippen LogP contribution in [0, 0.1) is 10.8 Å². The van der Waals surface area contributed by atoms with Gasteiger partial charge in [-0.15, -0.1) is 0 Å². The van der Waals surface area contributed by atoms with Gasteiger partial charge < -0.3 is 10.1 Å². The Morgan fingerprint density at radius 3 is 2.94 bits per heavy atom. The SMILES string of the molecule is [2H]C([2H])([2H])O[C@H]1CC[C@]2(CC1)Cc1ccc(Br)cc1C2=N. The predicted molar refractivity (Wildman–Crippen MR) is 76.4 cm³/mol. The summed E-state index contributed by atoms with van der Waals surface area (Å²) in [6.45, 7) is 0. The van der Waals surface area contributed by atoms with Gasteiger partial charge in [0.1, 0.15) is 0 Å². The molecule has 0 aromatic heterocycles. The van der Waals surface area contributed by atoms with Crippen molar-refractivity contribution in [2.45, 2.75) is 38.2 Å². The Morgan fingerprint density at radius 2 is 2.22 bits per heavy atom. The minimum absolute atomic E-state index is 0.113. The van der Waals surface area contributed by atoms with E-state index < -0.39 is 7.04 Å². The van der Waals surface area contributed by atoms with Crippen LogP contribution in [0.15, 0.2) is 22.7 Å². The lowest BCUT2D eigenvalue weighted by molar-refractivity contribution is 0.0467. The Kier molecular flexibility index (Phi) is 2.30. The van der Waals surface area contributed by atoms with Gasteiger partial charge in [0.05, 0.1) is 10.2 Å². The molecule has 0 saturated heterocycles. The molecule has 0 amide bonds. The first kappa shape index (κ1) is 9.27. The second-order valence-electron chi connectivity index (χ2n) is 5.45. The summed E-state index contributed by atoms with van der Waals surface area (Å²) in [7, 11) is -2.31. The van der Waals surface area contributed by atoms with Gasteiger partial charge in [0, 0.05) is 28.2 Å². The molecule has 3 heteroatoms. The molecule has 0 radical (unpaired) electrons. The summed E-state index contributed by atoms with van der Waals surface area (Å²) in [6.07, 6.45) is 3.80. The van der Waals surface area contributed by atoms with Crippen molar-refractivity contribution in [2.24, 2.45) is 5.41 Å². The molecular weight excluding hydrogens is 290 g/mol. The fourth-order valence-corrected chi connectivity index (χ4v) is 3.72. The maximum atomic E-state index is 8.54. The van der Waals surface area contributed by atoms with Gasteiger partial charge >= 0.3 is 0 Å². The number of rotatable bonds is 1. The number of halogens is 1.